The predicted molar refractivity (Wildman–Crippen MR) is 1.94 cm³/mol. The fourth-order valence-corrected chi connectivity index (χ4v) is 0. The Morgan fingerprint density at radius 2 is 0.571 bits per heavy atom. The van der Waals surface area contributed by atoms with E-state index in [1.54, 1.807) is 0 Å². The van der Waals surface area contributed by atoms with Crippen molar-refractivity contribution in [1.29, 1.82) is 0 Å². The summed E-state index contributed by atoms with van der Waals surface area (Å²) in [4.78, 5) is 0. The summed E-state index contributed by atoms with van der Waals surface area (Å²) in [6.07, 6.45) is 0. The van der Waals surface area contributed by atoms with Gasteiger partial charge in [0, 0.05) is 0 Å². The Balaban J connectivity index is 0. The zero-order chi connectivity index (χ0) is 0. The predicted octanol–water partition coefficient (Wildman–Crippen LogP) is -15.2. The van der Waals surface area contributed by atoms with Gasteiger partial charge in [0.15, 0.2) is 0 Å². The van der Waals surface area contributed by atoms with Crippen LogP contribution in [0.2, 0.25) is 0 Å². The van der Waals surface area contributed by atoms with Crippen LogP contribution in [-0.4, -0.2) is 5.48 Å². The van der Waals surface area contributed by atoms with Crippen molar-refractivity contribution in [2.45, 2.75) is 0 Å². The van der Waals surface area contributed by atoms with Gasteiger partial charge < -0.3 is 55.1 Å². The summed E-state index contributed by atoms with van der Waals surface area (Å²) < 4.78 is 0. The van der Waals surface area contributed by atoms with Crippen molar-refractivity contribution in [3.63, 3.8) is 0 Å². The van der Waals surface area contributed by atoms with Crippen LogP contribution < -0.4 is 79.2 Å². The fraction of sp³-hybridized carbons (Fsp3) is 0. The monoisotopic (exact) mass is 228 g/mol. The molecule has 0 aliphatic heterocycles. The van der Waals surface area contributed by atoms with Gasteiger partial charge in [-0.25, -0.2) is 0 Å². The largest absolute Gasteiger partial charge is 4.00 e. The van der Waals surface area contributed by atoms with E-state index in [4.69, 9.17) is 0 Å². The second-order valence-electron chi connectivity index (χ2n) is 0. The average Bonchev–Trinajstić information content (AvgIpc) is 0. The molecule has 1 N–H and O–H groups in total. The summed E-state index contributed by atoms with van der Waals surface area (Å²) in [6, 6.07) is 0. The van der Waals surface area contributed by atoms with Gasteiger partial charge in [-0.05, 0) is 0 Å². The molecule has 7 heavy (non-hydrogen) atoms. The zero-order valence-corrected chi connectivity index (χ0v) is 10.0. The van der Waals surface area contributed by atoms with E-state index in [1.165, 1.54) is 0 Å². The van der Waals surface area contributed by atoms with Gasteiger partial charge in [0.1, 0.15) is 0 Å². The van der Waals surface area contributed by atoms with Gasteiger partial charge in [0.05, 0.1) is 0 Å². The van der Waals surface area contributed by atoms with Crippen LogP contribution >= 0.6 is 0 Å². The van der Waals surface area contributed by atoms with Crippen LogP contribution in [0, 0.1) is 0 Å². The normalized spacial score (nSPS) is 0. The maximum atomic E-state index is 0. The molecule has 0 aromatic heterocycles. The Bertz CT molecular complexity index is 11.7. The first kappa shape index (κ1) is 95.5. The molecule has 0 amide bonds. The molecule has 7 heteroatoms. The first-order chi connectivity index (χ1) is 0. The Labute approximate surface area is 105 Å². The Morgan fingerprint density at radius 3 is 0.571 bits per heavy atom. The molecule has 0 aromatic carbocycles. The molecular formula is HCl4NaOTi. The summed E-state index contributed by atoms with van der Waals surface area (Å²) in [6.45, 7) is 0. The molecule has 0 atom stereocenters. The van der Waals surface area contributed by atoms with E-state index < -0.39 is 0 Å². The van der Waals surface area contributed by atoms with Gasteiger partial charge >= 0.3 is 51.3 Å². The van der Waals surface area contributed by atoms with Crippen LogP contribution in [-0.2, 0) is 21.7 Å². The van der Waals surface area contributed by atoms with Gasteiger partial charge in [-0.1, -0.05) is 0 Å². The van der Waals surface area contributed by atoms with Gasteiger partial charge in [-0.2, -0.15) is 0 Å². The maximum Gasteiger partial charge on any atom is 4.00 e. The molecule has 0 unspecified atom stereocenters. The van der Waals surface area contributed by atoms with E-state index in [0.29, 0.717) is 0 Å². The third kappa shape index (κ3) is 51.4. The van der Waals surface area contributed by atoms with E-state index in [9.17, 15) is 0 Å². The van der Waals surface area contributed by atoms with E-state index in [1.807, 2.05) is 0 Å². The summed E-state index contributed by atoms with van der Waals surface area (Å²) in [5.74, 6) is 0. The van der Waals surface area contributed by atoms with Crippen molar-refractivity contribution in [1.82, 2.24) is 0 Å². The number of halogens is 4. The molecule has 0 aliphatic carbocycles. The quantitative estimate of drug-likeness (QED) is 0.380. The molecule has 0 heterocycles. The Hall–Kier alpha value is 2.83. The number of rotatable bonds is 0. The maximum absolute atomic E-state index is 0. The Kier molecular flexibility index (Phi) is 921. The summed E-state index contributed by atoms with van der Waals surface area (Å²) >= 11 is 0. The van der Waals surface area contributed by atoms with E-state index in [2.05, 4.69) is 0 Å². The molecule has 0 radical (unpaired) electrons. The second-order valence-corrected chi connectivity index (χ2v) is 0. The summed E-state index contributed by atoms with van der Waals surface area (Å²) in [7, 11) is 0. The van der Waals surface area contributed by atoms with Crippen molar-refractivity contribution < 1.29 is 106 Å². The molecule has 0 aromatic rings. The minimum absolute atomic E-state index is 0. The van der Waals surface area contributed by atoms with Gasteiger partial charge in [-0.15, -0.1) is 0 Å². The molecule has 0 fully saturated rings. The van der Waals surface area contributed by atoms with Crippen LogP contribution in [0.4, 0.5) is 0 Å². The Morgan fingerprint density at radius 1 is 0.571 bits per heavy atom. The van der Waals surface area contributed by atoms with Crippen LogP contribution in [0.3, 0.4) is 0 Å². The molecule has 0 rings (SSSR count). The summed E-state index contributed by atoms with van der Waals surface area (Å²) in [5.41, 5.74) is 0. The fourth-order valence-electron chi connectivity index (χ4n) is 0. The molecule has 1 nitrogen and oxygen atoms in total. The molecule has 0 bridgehead atoms. The van der Waals surface area contributed by atoms with Crippen LogP contribution in [0.25, 0.3) is 0 Å². The van der Waals surface area contributed by atoms with Crippen LogP contribution in [0.5, 0.6) is 0 Å². The standard InChI is InChI=1S/4ClH.Na.H2O.Ti/h4*1H;;1H2;/q;;;;+1;;+4/p-5. The first-order valence-electron chi connectivity index (χ1n) is 0. The topological polar surface area (TPSA) is 30.0 Å². The molecule has 0 saturated heterocycles. The van der Waals surface area contributed by atoms with Crippen LogP contribution in [0.15, 0.2) is 0 Å². The van der Waals surface area contributed by atoms with Gasteiger partial charge in [0.25, 0.3) is 0 Å². The third-order valence-corrected chi connectivity index (χ3v) is 0. The first-order valence-corrected chi connectivity index (χ1v) is 0. The molecule has 0 spiro atoms. The minimum Gasteiger partial charge on any atom is -1.00 e. The van der Waals surface area contributed by atoms with E-state index in [0.717, 1.165) is 0 Å². The van der Waals surface area contributed by atoms with Crippen molar-refractivity contribution in [2.75, 3.05) is 0 Å². The van der Waals surface area contributed by atoms with Crippen molar-refractivity contribution in [3.8, 4) is 0 Å². The third-order valence-electron chi connectivity index (χ3n) is 0. The molecule has 40 valence electrons. The van der Waals surface area contributed by atoms with Crippen molar-refractivity contribution in [2.24, 2.45) is 0 Å². The van der Waals surface area contributed by atoms with E-state index in [-0.39, 0.29) is 106 Å². The van der Waals surface area contributed by atoms with E-state index >= 15 is 0 Å². The molecule has 0 aliphatic rings. The number of hydrogen-bond acceptors (Lipinski definition) is 1. The average molecular weight is 230 g/mol. The molecular weight excluding hydrogens is 229 g/mol. The molecule has 0 saturated carbocycles. The van der Waals surface area contributed by atoms with Gasteiger partial charge in [0.2, 0.25) is 0 Å². The zero-order valence-electron chi connectivity index (χ0n) is 3.46. The summed E-state index contributed by atoms with van der Waals surface area (Å²) in [5, 5.41) is 0. The van der Waals surface area contributed by atoms with Crippen molar-refractivity contribution in [3.05, 3.63) is 0 Å². The SMILES string of the molecule is [Cl-].[Cl-].[Cl-].[Cl-].[Na+].[OH-].[Ti+4]. The van der Waals surface area contributed by atoms with Crippen LogP contribution in [0.1, 0.15) is 0 Å². The number of hydrogen-bond donors (Lipinski definition) is 0. The van der Waals surface area contributed by atoms with Crippen molar-refractivity contribution >= 4 is 0 Å². The second kappa shape index (κ2) is 67.5. The van der Waals surface area contributed by atoms with Gasteiger partial charge in [-0.3, -0.25) is 0 Å². The smallest absolute Gasteiger partial charge is 1.00 e. The minimum atomic E-state index is 0.